The third-order valence-electron chi connectivity index (χ3n) is 2.16. The van der Waals surface area contributed by atoms with Gasteiger partial charge >= 0.3 is 0 Å². The van der Waals surface area contributed by atoms with E-state index in [1.54, 1.807) is 0 Å². The number of hydrogen-bond acceptors (Lipinski definition) is 2. The summed E-state index contributed by atoms with van der Waals surface area (Å²) >= 11 is 1.84. The van der Waals surface area contributed by atoms with Crippen molar-refractivity contribution in [2.24, 2.45) is 0 Å². The second-order valence-electron chi connectivity index (χ2n) is 3.27. The molecule has 1 nitrogen and oxygen atoms in total. The predicted octanol–water partition coefficient (Wildman–Crippen LogP) is 3.82. The van der Waals surface area contributed by atoms with Crippen LogP contribution in [0.4, 0.5) is 0 Å². The van der Waals surface area contributed by atoms with Crippen LogP contribution < -0.4 is 0 Å². The summed E-state index contributed by atoms with van der Waals surface area (Å²) in [5, 5.41) is 8.58. The SMILES string of the molecule is CCSc1ccc(C(C)CC#N)cc1. The van der Waals surface area contributed by atoms with Crippen molar-refractivity contribution in [3.8, 4) is 6.07 Å². The molecule has 0 heterocycles. The number of thioether (sulfide) groups is 1. The van der Waals surface area contributed by atoms with E-state index in [4.69, 9.17) is 5.26 Å². The Morgan fingerprint density at radius 1 is 1.36 bits per heavy atom. The maximum Gasteiger partial charge on any atom is 0.0628 e. The lowest BCUT2D eigenvalue weighted by Gasteiger charge is -2.07. The summed E-state index contributed by atoms with van der Waals surface area (Å²) in [5.41, 5.74) is 1.26. The van der Waals surface area contributed by atoms with Gasteiger partial charge in [-0.1, -0.05) is 26.0 Å². The van der Waals surface area contributed by atoms with E-state index in [9.17, 15) is 0 Å². The van der Waals surface area contributed by atoms with Crippen LogP contribution in [-0.2, 0) is 0 Å². The Balaban J connectivity index is 2.68. The average molecular weight is 205 g/mol. The first-order chi connectivity index (χ1) is 6.77. The molecule has 0 aliphatic heterocycles. The van der Waals surface area contributed by atoms with Crippen molar-refractivity contribution in [2.45, 2.75) is 31.1 Å². The molecule has 0 aliphatic carbocycles. The van der Waals surface area contributed by atoms with Gasteiger partial charge in [-0.15, -0.1) is 11.8 Å². The molecule has 74 valence electrons. The summed E-state index contributed by atoms with van der Waals surface area (Å²) in [6.45, 7) is 4.24. The molecule has 0 saturated heterocycles. The molecule has 0 amide bonds. The normalized spacial score (nSPS) is 12.1. The van der Waals surface area contributed by atoms with E-state index in [-0.39, 0.29) is 0 Å². The number of nitriles is 1. The summed E-state index contributed by atoms with van der Waals surface area (Å²) in [6, 6.07) is 10.7. The molecule has 1 aromatic rings. The van der Waals surface area contributed by atoms with Crippen molar-refractivity contribution in [2.75, 3.05) is 5.75 Å². The van der Waals surface area contributed by atoms with Gasteiger partial charge in [0, 0.05) is 11.3 Å². The monoisotopic (exact) mass is 205 g/mol. The van der Waals surface area contributed by atoms with Gasteiger partial charge in [-0.05, 0) is 29.4 Å². The number of benzene rings is 1. The molecule has 0 saturated carbocycles. The van der Waals surface area contributed by atoms with E-state index >= 15 is 0 Å². The molecule has 1 unspecified atom stereocenters. The standard InChI is InChI=1S/C12H15NS/c1-3-14-12-6-4-11(5-7-12)10(2)8-9-13/h4-7,10H,3,8H2,1-2H3. The van der Waals surface area contributed by atoms with Crippen molar-refractivity contribution in [1.82, 2.24) is 0 Å². The molecule has 14 heavy (non-hydrogen) atoms. The lowest BCUT2D eigenvalue weighted by molar-refractivity contribution is 0.788. The molecule has 1 atom stereocenters. The maximum atomic E-state index is 8.58. The van der Waals surface area contributed by atoms with Gasteiger partial charge in [0.25, 0.3) is 0 Å². The van der Waals surface area contributed by atoms with Gasteiger partial charge in [0.2, 0.25) is 0 Å². The molecule has 0 radical (unpaired) electrons. The highest BCUT2D eigenvalue weighted by atomic mass is 32.2. The summed E-state index contributed by atoms with van der Waals surface area (Å²) in [4.78, 5) is 1.31. The fraction of sp³-hybridized carbons (Fsp3) is 0.417. The predicted molar refractivity (Wildman–Crippen MR) is 61.5 cm³/mol. The number of rotatable bonds is 4. The highest BCUT2D eigenvalue weighted by molar-refractivity contribution is 7.99. The third-order valence-corrected chi connectivity index (χ3v) is 3.05. The fourth-order valence-corrected chi connectivity index (χ4v) is 1.98. The van der Waals surface area contributed by atoms with Crippen molar-refractivity contribution in [3.05, 3.63) is 29.8 Å². The third kappa shape index (κ3) is 3.08. The van der Waals surface area contributed by atoms with E-state index in [1.807, 2.05) is 11.8 Å². The first-order valence-electron chi connectivity index (χ1n) is 4.87. The quantitative estimate of drug-likeness (QED) is 0.698. The van der Waals surface area contributed by atoms with Crippen molar-refractivity contribution < 1.29 is 0 Å². The Morgan fingerprint density at radius 3 is 2.50 bits per heavy atom. The van der Waals surface area contributed by atoms with Crippen molar-refractivity contribution >= 4 is 11.8 Å². The molecule has 0 fully saturated rings. The Bertz CT molecular complexity index is 310. The van der Waals surface area contributed by atoms with E-state index in [0.717, 1.165) is 5.75 Å². The minimum Gasteiger partial charge on any atom is -0.198 e. The molecular formula is C12H15NS. The Hall–Kier alpha value is -0.940. The van der Waals surface area contributed by atoms with Gasteiger partial charge in [0.05, 0.1) is 6.07 Å². The Morgan fingerprint density at radius 2 is 2.00 bits per heavy atom. The summed E-state index contributed by atoms with van der Waals surface area (Å²) in [7, 11) is 0. The van der Waals surface area contributed by atoms with E-state index < -0.39 is 0 Å². The van der Waals surface area contributed by atoms with Crippen molar-refractivity contribution in [3.63, 3.8) is 0 Å². The zero-order valence-electron chi connectivity index (χ0n) is 8.66. The zero-order chi connectivity index (χ0) is 10.4. The second kappa shape index (κ2) is 5.72. The lowest BCUT2D eigenvalue weighted by atomic mass is 9.99. The van der Waals surface area contributed by atoms with Gasteiger partial charge in [-0.25, -0.2) is 0 Å². The van der Waals surface area contributed by atoms with Gasteiger partial charge in [-0.3, -0.25) is 0 Å². The van der Waals surface area contributed by atoms with Crippen LogP contribution in [0.25, 0.3) is 0 Å². The largest absolute Gasteiger partial charge is 0.198 e. The van der Waals surface area contributed by atoms with Crippen LogP contribution in [0.15, 0.2) is 29.2 Å². The number of nitrogens with zero attached hydrogens (tertiary/aromatic N) is 1. The Kier molecular flexibility index (Phi) is 4.55. The van der Waals surface area contributed by atoms with Crippen LogP contribution in [0, 0.1) is 11.3 Å². The van der Waals surface area contributed by atoms with Gasteiger partial charge in [0.15, 0.2) is 0 Å². The van der Waals surface area contributed by atoms with Gasteiger partial charge in [-0.2, -0.15) is 5.26 Å². The molecule has 1 rings (SSSR count). The fourth-order valence-electron chi connectivity index (χ4n) is 1.31. The average Bonchev–Trinajstić information content (AvgIpc) is 2.20. The van der Waals surface area contributed by atoms with Gasteiger partial charge < -0.3 is 0 Å². The molecule has 0 aliphatic rings. The molecule has 2 heteroatoms. The minimum absolute atomic E-state index is 0.348. The Labute approximate surface area is 90.1 Å². The smallest absolute Gasteiger partial charge is 0.0628 e. The first kappa shape index (κ1) is 11.1. The molecular weight excluding hydrogens is 190 g/mol. The van der Waals surface area contributed by atoms with E-state index in [1.165, 1.54) is 10.5 Å². The van der Waals surface area contributed by atoms with E-state index in [0.29, 0.717) is 12.3 Å². The minimum atomic E-state index is 0.348. The van der Waals surface area contributed by atoms with E-state index in [2.05, 4.69) is 44.2 Å². The molecule has 0 bridgehead atoms. The van der Waals surface area contributed by atoms with Crippen LogP contribution in [0.2, 0.25) is 0 Å². The number of hydrogen-bond donors (Lipinski definition) is 0. The van der Waals surface area contributed by atoms with Crippen LogP contribution >= 0.6 is 11.8 Å². The maximum absolute atomic E-state index is 8.58. The van der Waals surface area contributed by atoms with Crippen LogP contribution in [-0.4, -0.2) is 5.75 Å². The second-order valence-corrected chi connectivity index (χ2v) is 4.60. The molecule has 0 N–H and O–H groups in total. The zero-order valence-corrected chi connectivity index (χ0v) is 9.47. The summed E-state index contributed by atoms with van der Waals surface area (Å²) in [6.07, 6.45) is 0.597. The first-order valence-corrected chi connectivity index (χ1v) is 5.86. The summed E-state index contributed by atoms with van der Waals surface area (Å²) in [5.74, 6) is 1.45. The summed E-state index contributed by atoms with van der Waals surface area (Å²) < 4.78 is 0. The lowest BCUT2D eigenvalue weighted by Crippen LogP contribution is -1.91. The molecule has 0 aromatic heterocycles. The van der Waals surface area contributed by atoms with Crippen LogP contribution in [0.3, 0.4) is 0 Å². The highest BCUT2D eigenvalue weighted by Gasteiger charge is 2.03. The highest BCUT2D eigenvalue weighted by Crippen LogP contribution is 2.23. The van der Waals surface area contributed by atoms with Crippen LogP contribution in [0.1, 0.15) is 31.7 Å². The van der Waals surface area contributed by atoms with Crippen molar-refractivity contribution in [1.29, 1.82) is 5.26 Å². The topological polar surface area (TPSA) is 23.8 Å². The van der Waals surface area contributed by atoms with Crippen LogP contribution in [0.5, 0.6) is 0 Å². The van der Waals surface area contributed by atoms with Gasteiger partial charge in [0.1, 0.15) is 0 Å². The molecule has 0 spiro atoms. The molecule has 1 aromatic carbocycles.